The molecule has 0 fully saturated rings. The molecule has 4 heteroatoms. The Morgan fingerprint density at radius 2 is 2.27 bits per heavy atom. The number of nitrogens with zero attached hydrogens (tertiary/aromatic N) is 1. The number of phenolic OH excluding ortho intramolecular Hbond substituents is 1. The molecule has 1 N–H and O–H groups in total. The number of hydrogen-bond donors (Lipinski definition) is 1. The zero-order valence-electron chi connectivity index (χ0n) is 8.23. The average molecular weight is 204 g/mol. The quantitative estimate of drug-likeness (QED) is 0.715. The molecule has 0 bridgehead atoms. The fourth-order valence-corrected chi connectivity index (χ4v) is 1.58. The van der Waals surface area contributed by atoms with Gasteiger partial charge in [-0.25, -0.2) is 9.36 Å². The maximum Gasteiger partial charge on any atom is 0.418 e. The van der Waals surface area contributed by atoms with E-state index in [4.69, 9.17) is 0 Å². The van der Waals surface area contributed by atoms with Crippen molar-refractivity contribution in [1.82, 2.24) is 4.57 Å². The Morgan fingerprint density at radius 1 is 1.53 bits per heavy atom. The third-order valence-corrected chi connectivity index (χ3v) is 2.26. The first-order valence-electron chi connectivity index (χ1n) is 4.38. The third kappa shape index (κ3) is 1.34. The van der Waals surface area contributed by atoms with Crippen LogP contribution in [-0.4, -0.2) is 22.9 Å². The Hall–Kier alpha value is -1.97. The summed E-state index contributed by atoms with van der Waals surface area (Å²) < 4.78 is 5.84. The Morgan fingerprint density at radius 3 is 2.93 bits per heavy atom. The molecule has 0 spiro atoms. The maximum absolute atomic E-state index is 11.4. The molecule has 0 aliphatic heterocycles. The summed E-state index contributed by atoms with van der Waals surface area (Å²) in [5, 5.41) is 10.4. The Balaban J connectivity index is 2.81. The number of methoxy groups -OCH3 is 1. The topological polar surface area (TPSA) is 51.5 Å². The first-order chi connectivity index (χ1) is 7.15. The van der Waals surface area contributed by atoms with Crippen molar-refractivity contribution >= 4 is 17.0 Å². The zero-order valence-corrected chi connectivity index (χ0v) is 8.23. The van der Waals surface area contributed by atoms with Gasteiger partial charge in [-0.3, -0.25) is 0 Å². The van der Waals surface area contributed by atoms with Gasteiger partial charge in [-0.15, -0.1) is 0 Å². The number of benzene rings is 1. The second-order valence-electron chi connectivity index (χ2n) is 3.17. The van der Waals surface area contributed by atoms with Gasteiger partial charge >= 0.3 is 6.09 Å². The molecule has 1 aromatic carbocycles. The largest absolute Gasteiger partial charge is 0.506 e. The van der Waals surface area contributed by atoms with E-state index in [9.17, 15) is 9.90 Å². The number of rotatable bonds is 0. The van der Waals surface area contributed by atoms with Crippen LogP contribution in [0, 0.1) is 6.92 Å². The van der Waals surface area contributed by atoms with Crippen LogP contribution in [0.1, 0.15) is 5.56 Å². The van der Waals surface area contributed by atoms with E-state index >= 15 is 0 Å². The van der Waals surface area contributed by atoms with Crippen molar-refractivity contribution in [2.75, 3.05) is 7.11 Å². The first-order valence-corrected chi connectivity index (χ1v) is 4.38. The number of ether oxygens (including phenoxy) is 1. The first kappa shape index (κ1) is 9.58. The van der Waals surface area contributed by atoms with Crippen LogP contribution < -0.4 is 0 Å². The minimum Gasteiger partial charge on any atom is -0.506 e. The number of aromatic hydroxyl groups is 1. The van der Waals surface area contributed by atoms with Gasteiger partial charge in [0.2, 0.25) is 0 Å². The Labute approximate surface area is 86.7 Å². The summed E-state index contributed by atoms with van der Waals surface area (Å²) in [4.78, 5) is 11.4. The molecular formula is C11H10NO3. The van der Waals surface area contributed by atoms with Gasteiger partial charge in [0, 0.05) is 11.6 Å². The molecule has 1 aromatic heterocycles. The molecule has 15 heavy (non-hydrogen) atoms. The van der Waals surface area contributed by atoms with Crippen molar-refractivity contribution in [2.45, 2.75) is 0 Å². The fourth-order valence-electron chi connectivity index (χ4n) is 1.58. The number of carbonyl (C=O) groups is 1. The van der Waals surface area contributed by atoms with Crippen LogP contribution in [0.2, 0.25) is 0 Å². The van der Waals surface area contributed by atoms with E-state index < -0.39 is 6.09 Å². The monoisotopic (exact) mass is 204 g/mol. The van der Waals surface area contributed by atoms with Crippen LogP contribution in [0.25, 0.3) is 10.9 Å². The van der Waals surface area contributed by atoms with Gasteiger partial charge in [-0.2, -0.15) is 0 Å². The number of aromatic nitrogens is 1. The molecule has 4 nitrogen and oxygen atoms in total. The summed E-state index contributed by atoms with van der Waals surface area (Å²) >= 11 is 0. The number of carbonyl (C=O) groups excluding carboxylic acids is 1. The van der Waals surface area contributed by atoms with Crippen molar-refractivity contribution in [3.63, 3.8) is 0 Å². The van der Waals surface area contributed by atoms with E-state index in [0.29, 0.717) is 11.1 Å². The number of para-hydroxylation sites is 1. The predicted octanol–water partition coefficient (Wildman–Crippen LogP) is 2.14. The summed E-state index contributed by atoms with van der Waals surface area (Å²) in [6.45, 7) is 3.79. The molecule has 0 amide bonds. The van der Waals surface area contributed by atoms with Crippen molar-refractivity contribution in [3.05, 3.63) is 36.9 Å². The molecule has 2 rings (SSSR count). The molecule has 0 saturated carbocycles. The molecule has 2 aromatic rings. The van der Waals surface area contributed by atoms with Crippen LogP contribution in [0.15, 0.2) is 24.4 Å². The second kappa shape index (κ2) is 3.31. The van der Waals surface area contributed by atoms with Crippen LogP contribution in [0.5, 0.6) is 5.75 Å². The molecule has 1 radical (unpaired) electrons. The number of hydrogen-bond acceptors (Lipinski definition) is 3. The van der Waals surface area contributed by atoms with Gasteiger partial charge in [-0.1, -0.05) is 12.1 Å². The smallest absolute Gasteiger partial charge is 0.418 e. The minimum absolute atomic E-state index is 0.0350. The van der Waals surface area contributed by atoms with Gasteiger partial charge in [-0.05, 0) is 18.6 Å². The highest BCUT2D eigenvalue weighted by Gasteiger charge is 2.14. The van der Waals surface area contributed by atoms with E-state index in [1.807, 2.05) is 0 Å². The maximum atomic E-state index is 11.4. The standard InChI is InChI=1S/C11H10NO3/c1-7-6-12(11(14)15-2)10-8(7)4-3-5-9(10)13/h3-6,13H,1H2,2H3. The van der Waals surface area contributed by atoms with Gasteiger partial charge in [0.25, 0.3) is 0 Å². The van der Waals surface area contributed by atoms with Gasteiger partial charge in [0.05, 0.1) is 7.11 Å². The van der Waals surface area contributed by atoms with Gasteiger partial charge < -0.3 is 9.84 Å². The number of fused-ring (bicyclic) bond motifs is 1. The summed E-state index contributed by atoms with van der Waals surface area (Å²) in [7, 11) is 1.29. The summed E-state index contributed by atoms with van der Waals surface area (Å²) in [6.07, 6.45) is 0.993. The van der Waals surface area contributed by atoms with E-state index in [2.05, 4.69) is 11.7 Å². The lowest BCUT2D eigenvalue weighted by Crippen LogP contribution is -2.09. The summed E-state index contributed by atoms with van der Waals surface area (Å²) in [5.74, 6) is 0.0350. The van der Waals surface area contributed by atoms with Crippen molar-refractivity contribution in [3.8, 4) is 5.75 Å². The molecule has 1 heterocycles. The Kier molecular flexibility index (Phi) is 2.11. The number of phenols is 1. The van der Waals surface area contributed by atoms with Crippen molar-refractivity contribution in [2.24, 2.45) is 0 Å². The van der Waals surface area contributed by atoms with Crippen molar-refractivity contribution < 1.29 is 14.6 Å². The average Bonchev–Trinajstić information content (AvgIpc) is 2.57. The normalized spacial score (nSPS) is 10.5. The SMILES string of the molecule is [CH2]c1cn(C(=O)OC)c2c(O)cccc12. The van der Waals surface area contributed by atoms with E-state index in [1.165, 1.54) is 23.9 Å². The lowest BCUT2D eigenvalue weighted by atomic mass is 10.2. The second-order valence-corrected chi connectivity index (χ2v) is 3.17. The highest BCUT2D eigenvalue weighted by Crippen LogP contribution is 2.28. The van der Waals surface area contributed by atoms with Crippen LogP contribution >= 0.6 is 0 Å². The zero-order chi connectivity index (χ0) is 11.0. The fraction of sp³-hybridized carbons (Fsp3) is 0.0909. The molecule has 0 atom stereocenters. The van der Waals surface area contributed by atoms with Crippen LogP contribution in [0.3, 0.4) is 0 Å². The third-order valence-electron chi connectivity index (χ3n) is 2.26. The Bertz CT molecular complexity index is 528. The highest BCUT2D eigenvalue weighted by atomic mass is 16.5. The molecule has 0 unspecified atom stereocenters. The summed E-state index contributed by atoms with van der Waals surface area (Å²) in [6, 6.07) is 5.01. The van der Waals surface area contributed by atoms with Gasteiger partial charge in [0.15, 0.2) is 0 Å². The molecule has 0 aliphatic rings. The molecule has 0 aliphatic carbocycles. The van der Waals surface area contributed by atoms with Crippen LogP contribution in [-0.2, 0) is 4.74 Å². The highest BCUT2D eigenvalue weighted by molar-refractivity contribution is 5.95. The van der Waals surface area contributed by atoms with Gasteiger partial charge in [0.1, 0.15) is 11.3 Å². The lowest BCUT2D eigenvalue weighted by Gasteiger charge is -2.02. The van der Waals surface area contributed by atoms with Crippen molar-refractivity contribution in [1.29, 1.82) is 0 Å². The molecule has 0 saturated heterocycles. The lowest BCUT2D eigenvalue weighted by molar-refractivity contribution is 0.174. The van der Waals surface area contributed by atoms with E-state index in [1.54, 1.807) is 12.1 Å². The van der Waals surface area contributed by atoms with Crippen LogP contribution in [0.4, 0.5) is 4.79 Å². The van der Waals surface area contributed by atoms with E-state index in [-0.39, 0.29) is 5.75 Å². The van der Waals surface area contributed by atoms with E-state index in [0.717, 1.165) is 5.39 Å². The molecule has 77 valence electrons. The minimum atomic E-state index is -0.545. The molecular weight excluding hydrogens is 194 g/mol. The summed E-state index contributed by atoms with van der Waals surface area (Å²) in [5.41, 5.74) is 1.10. The predicted molar refractivity (Wildman–Crippen MR) is 55.9 cm³/mol.